The molecule has 26 heavy (non-hydrogen) atoms. The molecule has 2 aromatic rings. The summed E-state index contributed by atoms with van der Waals surface area (Å²) >= 11 is 0. The molecule has 2 heteroatoms. The fraction of sp³-hybridized carbons (Fsp3) is 0.0833. The van der Waals surface area contributed by atoms with Crippen LogP contribution in [-0.4, -0.2) is 0 Å². The number of hydrogen-bond acceptors (Lipinski definition) is 2. The van der Waals surface area contributed by atoms with Crippen LogP contribution in [0.2, 0.25) is 0 Å². The molecular weight excluding hydrogens is 316 g/mol. The standard InChI is InChI=1S/C24H22N2/c1-17-6-10-21(11-7-17)25-23-14-19-4-3-5-20(19)15-24(16-23)26-22-12-8-18(2)9-13-22/h3-16,25-26H,1-2H3. The molecule has 128 valence electrons. The van der Waals surface area contributed by atoms with Gasteiger partial charge >= 0.3 is 0 Å². The Labute approximate surface area is 154 Å². The highest BCUT2D eigenvalue weighted by Crippen LogP contribution is 2.31. The van der Waals surface area contributed by atoms with E-state index in [1.807, 2.05) is 0 Å². The summed E-state index contributed by atoms with van der Waals surface area (Å²) in [6.07, 6.45) is 0. The van der Waals surface area contributed by atoms with Crippen molar-refractivity contribution < 1.29 is 0 Å². The zero-order valence-corrected chi connectivity index (χ0v) is 15.1. The van der Waals surface area contributed by atoms with Gasteiger partial charge in [-0.2, -0.15) is 0 Å². The molecule has 2 nitrogen and oxygen atoms in total. The van der Waals surface area contributed by atoms with Gasteiger partial charge in [0.15, 0.2) is 0 Å². The van der Waals surface area contributed by atoms with E-state index in [-0.39, 0.29) is 0 Å². The molecule has 2 N–H and O–H groups in total. The van der Waals surface area contributed by atoms with Crippen LogP contribution in [0.4, 0.5) is 22.7 Å². The highest BCUT2D eigenvalue weighted by molar-refractivity contribution is 5.78. The van der Waals surface area contributed by atoms with Crippen LogP contribution in [0.15, 0.2) is 84.9 Å². The van der Waals surface area contributed by atoms with Crippen LogP contribution in [0.1, 0.15) is 11.1 Å². The van der Waals surface area contributed by atoms with Crippen LogP contribution in [0.5, 0.6) is 0 Å². The lowest BCUT2D eigenvalue weighted by atomic mass is 10.2. The van der Waals surface area contributed by atoms with E-state index in [1.54, 1.807) is 0 Å². The van der Waals surface area contributed by atoms with Crippen molar-refractivity contribution >= 4 is 22.7 Å². The van der Waals surface area contributed by atoms with Crippen LogP contribution < -0.4 is 10.6 Å². The Morgan fingerprint density at radius 1 is 0.462 bits per heavy atom. The molecule has 0 fully saturated rings. The summed E-state index contributed by atoms with van der Waals surface area (Å²) < 4.78 is 0. The first-order valence-corrected chi connectivity index (χ1v) is 8.87. The van der Waals surface area contributed by atoms with Gasteiger partial charge in [-0.15, -0.1) is 0 Å². The lowest BCUT2D eigenvalue weighted by molar-refractivity contribution is 1.45. The molecule has 0 bridgehead atoms. The van der Waals surface area contributed by atoms with Crippen LogP contribution in [0, 0.1) is 13.8 Å². The third-order valence-corrected chi connectivity index (χ3v) is 4.50. The summed E-state index contributed by atoms with van der Waals surface area (Å²) in [6.45, 7) is 4.20. The number of nitrogens with one attached hydrogen (secondary N) is 2. The Bertz CT molecular complexity index is 906. The maximum absolute atomic E-state index is 3.53. The fourth-order valence-corrected chi connectivity index (χ4v) is 3.05. The van der Waals surface area contributed by atoms with E-state index in [0.29, 0.717) is 0 Å². The van der Waals surface area contributed by atoms with Gasteiger partial charge in [0.2, 0.25) is 0 Å². The van der Waals surface area contributed by atoms with Crippen molar-refractivity contribution in [1.29, 1.82) is 0 Å². The minimum absolute atomic E-state index is 1.06. The summed E-state index contributed by atoms with van der Waals surface area (Å²) in [5, 5.41) is 7.06. The second-order valence-corrected chi connectivity index (χ2v) is 6.76. The van der Waals surface area contributed by atoms with Gasteiger partial charge in [0, 0.05) is 22.7 Å². The van der Waals surface area contributed by atoms with Gasteiger partial charge in [-0.1, -0.05) is 53.6 Å². The molecule has 0 heterocycles. The number of anilines is 4. The van der Waals surface area contributed by atoms with E-state index in [9.17, 15) is 0 Å². The molecular formula is C24H22N2. The Hall–Kier alpha value is -3.26. The molecule has 4 rings (SSSR count). The minimum Gasteiger partial charge on any atom is -0.355 e. The molecule has 0 radical (unpaired) electrons. The van der Waals surface area contributed by atoms with Gasteiger partial charge in [-0.05, 0) is 67.4 Å². The molecule has 0 spiro atoms. The van der Waals surface area contributed by atoms with Gasteiger partial charge in [0.05, 0.1) is 0 Å². The molecule has 0 unspecified atom stereocenters. The van der Waals surface area contributed by atoms with Gasteiger partial charge in [-0.25, -0.2) is 0 Å². The first-order valence-electron chi connectivity index (χ1n) is 8.87. The van der Waals surface area contributed by atoms with E-state index >= 15 is 0 Å². The van der Waals surface area contributed by atoms with Crippen LogP contribution in [0.3, 0.4) is 0 Å². The molecule has 2 aromatic carbocycles. The average molecular weight is 338 g/mol. The van der Waals surface area contributed by atoms with Gasteiger partial charge < -0.3 is 10.6 Å². The molecule has 0 amide bonds. The molecule has 0 atom stereocenters. The largest absolute Gasteiger partial charge is 0.355 e. The van der Waals surface area contributed by atoms with Gasteiger partial charge in [-0.3, -0.25) is 0 Å². The maximum Gasteiger partial charge on any atom is 0.0411 e. The topological polar surface area (TPSA) is 24.1 Å². The summed E-state index contributed by atoms with van der Waals surface area (Å²) in [5.74, 6) is 0. The number of aryl methyl sites for hydroxylation is 2. The fourth-order valence-electron chi connectivity index (χ4n) is 3.05. The predicted octanol–water partition coefficient (Wildman–Crippen LogP) is 6.90. The van der Waals surface area contributed by atoms with Crippen LogP contribution in [0.25, 0.3) is 11.1 Å². The second-order valence-electron chi connectivity index (χ2n) is 6.76. The van der Waals surface area contributed by atoms with Crippen molar-refractivity contribution in [3.63, 3.8) is 0 Å². The number of hydrogen-bond donors (Lipinski definition) is 2. The van der Waals surface area contributed by atoms with E-state index in [4.69, 9.17) is 0 Å². The first kappa shape index (κ1) is 16.2. The van der Waals surface area contributed by atoms with Crippen molar-refractivity contribution in [2.45, 2.75) is 13.8 Å². The number of rotatable bonds is 4. The Morgan fingerprint density at radius 2 is 0.885 bits per heavy atom. The highest BCUT2D eigenvalue weighted by atomic mass is 14.9. The van der Waals surface area contributed by atoms with E-state index < -0.39 is 0 Å². The molecule has 2 aliphatic carbocycles. The third-order valence-electron chi connectivity index (χ3n) is 4.50. The molecule has 0 saturated heterocycles. The highest BCUT2D eigenvalue weighted by Gasteiger charge is 2.06. The van der Waals surface area contributed by atoms with Crippen molar-refractivity contribution in [3.8, 4) is 11.1 Å². The second kappa shape index (κ2) is 6.93. The van der Waals surface area contributed by atoms with Crippen molar-refractivity contribution in [3.05, 3.63) is 96.1 Å². The molecule has 0 aliphatic heterocycles. The summed E-state index contributed by atoms with van der Waals surface area (Å²) in [7, 11) is 0. The van der Waals surface area contributed by atoms with E-state index in [2.05, 4.69) is 109 Å². The van der Waals surface area contributed by atoms with Gasteiger partial charge in [0.1, 0.15) is 0 Å². The quantitative estimate of drug-likeness (QED) is 0.423. The Morgan fingerprint density at radius 3 is 1.31 bits per heavy atom. The lowest BCUT2D eigenvalue weighted by Gasteiger charge is -2.08. The zero-order chi connectivity index (χ0) is 17.9. The monoisotopic (exact) mass is 338 g/mol. The number of fused-ring (bicyclic) bond motifs is 1. The Kier molecular flexibility index (Phi) is 4.32. The van der Waals surface area contributed by atoms with Crippen molar-refractivity contribution in [2.75, 3.05) is 10.6 Å². The SMILES string of the molecule is Cc1ccc(Nc2cc(Nc3ccc(C)cc3)cc3cccc-3c2)cc1. The molecule has 0 aromatic heterocycles. The first-order chi connectivity index (χ1) is 12.7. The zero-order valence-electron chi connectivity index (χ0n) is 15.1. The van der Waals surface area contributed by atoms with Gasteiger partial charge in [0.25, 0.3) is 0 Å². The summed E-state index contributed by atoms with van der Waals surface area (Å²) in [6, 6.07) is 29.8. The summed E-state index contributed by atoms with van der Waals surface area (Å²) in [5.41, 5.74) is 9.25. The van der Waals surface area contributed by atoms with Crippen molar-refractivity contribution in [2.24, 2.45) is 0 Å². The lowest BCUT2D eigenvalue weighted by Crippen LogP contribution is -1.91. The maximum atomic E-state index is 3.53. The normalized spacial score (nSPS) is 10.7. The van der Waals surface area contributed by atoms with Crippen LogP contribution >= 0.6 is 0 Å². The Balaban J connectivity index is 1.70. The average Bonchev–Trinajstić information content (AvgIpc) is 2.99. The molecule has 0 saturated carbocycles. The number of benzene rings is 2. The van der Waals surface area contributed by atoms with Crippen molar-refractivity contribution in [1.82, 2.24) is 0 Å². The van der Waals surface area contributed by atoms with E-state index in [1.165, 1.54) is 22.3 Å². The molecule has 2 aliphatic rings. The van der Waals surface area contributed by atoms with E-state index in [0.717, 1.165) is 22.7 Å². The minimum atomic E-state index is 1.06. The predicted molar refractivity (Wildman–Crippen MR) is 112 cm³/mol. The smallest absolute Gasteiger partial charge is 0.0411 e. The third kappa shape index (κ3) is 3.70. The summed E-state index contributed by atoms with van der Waals surface area (Å²) in [4.78, 5) is 0. The van der Waals surface area contributed by atoms with Crippen LogP contribution in [-0.2, 0) is 0 Å².